The summed E-state index contributed by atoms with van der Waals surface area (Å²) in [6, 6.07) is 28.6. The number of aryl methyl sites for hydroxylation is 3. The Bertz CT molecular complexity index is 6180. The summed E-state index contributed by atoms with van der Waals surface area (Å²) in [6.07, 6.45) is 29.7. The van der Waals surface area contributed by atoms with Gasteiger partial charge in [-0.15, -0.1) is 0 Å². The molecule has 636 valence electrons. The van der Waals surface area contributed by atoms with E-state index in [1.807, 2.05) is 144 Å². The molecule has 3 atom stereocenters. The van der Waals surface area contributed by atoms with Gasteiger partial charge in [0.05, 0.1) is 88.4 Å². The minimum absolute atomic E-state index is 0.0959. The second kappa shape index (κ2) is 39.4. The highest BCUT2D eigenvalue weighted by molar-refractivity contribution is 7.10. The number of imidazole rings is 3. The van der Waals surface area contributed by atoms with Crippen LogP contribution >= 0.6 is 69.4 Å². The maximum Gasteiger partial charge on any atom is 0.241 e. The van der Waals surface area contributed by atoms with Crippen LogP contribution in [0.2, 0.25) is 15.1 Å². The minimum Gasteiger partial charge on any atom is -0.350 e. The standard InChI is InChI=1S/3C29H32ClN9OS/c1-19-5-4-8-37(14-19)17-24-10-27(41-36-24)35-28-29-32-13-25(39(29)15-20(2)34-28)22-12-33-38(16-22)18-26(40)31-11-21-6-3-7-23(30)9-21;1-19-4-3-9-37(14-19)17-24-10-27(41-36-24)35-28-29-32-13-25(39(29)15-20(2)34-28)22-12-33-38(16-22)18-26(40)31-11-21-5-7-23(30)8-6-21;1-19-6-5-9-37(14-19)17-23-10-27(41-36-23)35-28-29-32-13-25(39(29)15-20(2)34-28)22-12-33-38(16-22)18-26(40)31-11-21-7-3-4-8-24(21)30/h3,6-7,9-10,12-13,15-16,19H,4-5,8,11,14,17-18H2,1-2H3,(H,31,40)(H,34,35);5-8,10,12-13,15-16,19H,3-4,9,11,14,17-18H2,1-2H3,(H,31,40)(H,34,35);3-4,7-8,10,12-13,15-16,19H,5-6,9,11,14,17-18H2,1-2H3,(H,31,40)(H,34,35). The third-order valence-electron chi connectivity index (χ3n) is 21.5. The second-order valence-corrected chi connectivity index (χ2v) is 35.7. The number of amides is 3. The minimum atomic E-state index is -0.150. The normalized spacial score (nSPS) is 15.8. The van der Waals surface area contributed by atoms with Gasteiger partial charge in [0.15, 0.2) is 34.4 Å². The number of fused-ring (bicyclic) bond motifs is 3. The number of halogens is 3. The van der Waals surface area contributed by atoms with Crippen molar-refractivity contribution in [2.45, 2.75) is 139 Å². The summed E-state index contributed by atoms with van der Waals surface area (Å²) >= 11 is 22.5. The second-order valence-electron chi connectivity index (χ2n) is 32.0. The molecule has 30 nitrogen and oxygen atoms in total. The fourth-order valence-corrected chi connectivity index (χ4v) is 18.2. The molecule has 0 bridgehead atoms. The highest BCUT2D eigenvalue weighted by Crippen LogP contribution is 2.34. The van der Waals surface area contributed by atoms with E-state index in [2.05, 4.69) is 129 Å². The number of carbonyl (C=O) groups is 3. The van der Waals surface area contributed by atoms with Crippen LogP contribution in [-0.2, 0) is 73.3 Å². The summed E-state index contributed by atoms with van der Waals surface area (Å²) in [4.78, 5) is 73.2. The van der Waals surface area contributed by atoms with Crippen LogP contribution < -0.4 is 31.9 Å². The molecule has 0 saturated carbocycles. The monoisotopic (exact) mass is 1770 g/mol. The van der Waals surface area contributed by atoms with Gasteiger partial charge in [-0.1, -0.05) is 98.0 Å². The Morgan fingerprint density at radius 1 is 0.423 bits per heavy atom. The number of anilines is 6. The number of likely N-dealkylation sites (tertiary alicyclic amines) is 3. The summed E-state index contributed by atoms with van der Waals surface area (Å²) in [5.74, 6) is 3.82. The molecule has 0 radical (unpaired) electrons. The van der Waals surface area contributed by atoms with Gasteiger partial charge in [0.1, 0.15) is 34.6 Å². The third kappa shape index (κ3) is 22.3. The van der Waals surface area contributed by atoms with E-state index in [1.165, 1.54) is 73.1 Å². The summed E-state index contributed by atoms with van der Waals surface area (Å²) in [5.41, 5.74) is 15.8. The molecule has 123 heavy (non-hydrogen) atoms. The molecule has 15 aromatic rings. The zero-order chi connectivity index (χ0) is 85.0. The number of benzene rings is 3. The Morgan fingerprint density at radius 3 is 1.19 bits per heavy atom. The van der Waals surface area contributed by atoms with Crippen LogP contribution in [0.3, 0.4) is 0 Å². The van der Waals surface area contributed by atoms with Crippen molar-refractivity contribution >= 4 is 137 Å². The van der Waals surface area contributed by atoms with Gasteiger partial charge in [0.25, 0.3) is 0 Å². The van der Waals surface area contributed by atoms with Gasteiger partial charge in [0, 0.05) is 128 Å². The lowest BCUT2D eigenvalue weighted by molar-refractivity contribution is -0.122. The van der Waals surface area contributed by atoms with E-state index >= 15 is 0 Å². The van der Waals surface area contributed by atoms with E-state index in [-0.39, 0.29) is 37.4 Å². The van der Waals surface area contributed by atoms with Gasteiger partial charge in [-0.2, -0.15) is 28.4 Å². The van der Waals surface area contributed by atoms with E-state index in [0.29, 0.717) is 69.1 Å². The SMILES string of the molecule is Cc1cn2c(-c3cnn(CC(=O)NCc4ccc(Cl)cc4)c3)cnc2c(Nc2cc(CN3CCCC(C)C3)ns2)n1.Cc1cn2c(-c3cnn(CC(=O)NCc4cccc(Cl)c4)c3)cnc2c(Nc2cc(CN3CCCC(C)C3)ns2)n1.Cc1cn2c(-c3cnn(CC(=O)NCc4ccccc4Cl)c3)cnc2c(Nc2cc(CN3CCCC(C)C3)ns2)n1. The summed E-state index contributed by atoms with van der Waals surface area (Å²) in [6.45, 7) is 23.7. The molecule has 3 saturated heterocycles. The molecule has 3 aromatic carbocycles. The van der Waals surface area contributed by atoms with Gasteiger partial charge in [-0.05, 0) is 197 Å². The molecule has 3 aliphatic rings. The molecule has 18 rings (SSSR count). The van der Waals surface area contributed by atoms with E-state index in [1.54, 1.807) is 51.2 Å². The van der Waals surface area contributed by atoms with Gasteiger partial charge in [0.2, 0.25) is 17.7 Å². The Labute approximate surface area is 739 Å². The topological polar surface area (TPSA) is 316 Å². The molecule has 3 amide bonds. The fourth-order valence-electron chi connectivity index (χ4n) is 15.7. The first kappa shape index (κ1) is 85.2. The Balaban J connectivity index is 0.000000137. The predicted octanol–water partition coefficient (Wildman–Crippen LogP) is 15.9. The van der Waals surface area contributed by atoms with Crippen molar-refractivity contribution in [3.05, 3.63) is 231 Å². The van der Waals surface area contributed by atoms with Crippen molar-refractivity contribution in [1.82, 2.24) is 116 Å². The van der Waals surface area contributed by atoms with E-state index in [4.69, 9.17) is 49.8 Å². The maximum atomic E-state index is 12.5. The highest BCUT2D eigenvalue weighted by Gasteiger charge is 2.25. The molecule has 3 fully saturated rings. The molecule has 12 aromatic heterocycles. The number of hydrogen-bond acceptors (Lipinski definition) is 24. The van der Waals surface area contributed by atoms with E-state index in [0.717, 1.165) is 176 Å². The molecule has 36 heteroatoms. The lowest BCUT2D eigenvalue weighted by Crippen LogP contribution is -2.33. The molecule has 0 spiro atoms. The van der Waals surface area contributed by atoms with Crippen LogP contribution in [0.5, 0.6) is 0 Å². The van der Waals surface area contributed by atoms with Crippen LogP contribution in [0, 0.1) is 38.5 Å². The van der Waals surface area contributed by atoms with Crippen LogP contribution in [0.15, 0.2) is 165 Å². The Morgan fingerprint density at radius 2 is 0.805 bits per heavy atom. The molecular formula is C87H96Cl3N27O3S3. The van der Waals surface area contributed by atoms with E-state index in [9.17, 15) is 14.4 Å². The van der Waals surface area contributed by atoms with Crippen molar-refractivity contribution in [3.63, 3.8) is 0 Å². The smallest absolute Gasteiger partial charge is 0.241 e. The Kier molecular flexibility index (Phi) is 27.3. The number of nitrogens with zero attached hydrogens (tertiary/aromatic N) is 21. The number of hydrogen-bond donors (Lipinski definition) is 6. The van der Waals surface area contributed by atoms with Crippen LogP contribution in [-0.4, -0.2) is 157 Å². The van der Waals surface area contributed by atoms with Crippen LogP contribution in [0.25, 0.3) is 50.7 Å². The summed E-state index contributed by atoms with van der Waals surface area (Å²) < 4.78 is 24.9. The molecule has 6 N–H and O–H groups in total. The molecule has 0 aliphatic carbocycles. The van der Waals surface area contributed by atoms with Crippen LogP contribution in [0.1, 0.15) is 110 Å². The van der Waals surface area contributed by atoms with Crippen molar-refractivity contribution < 1.29 is 14.4 Å². The molecule has 3 aliphatic heterocycles. The zero-order valence-corrected chi connectivity index (χ0v) is 73.9. The molecular weight excluding hydrogens is 1670 g/mol. The molecule has 3 unspecified atom stereocenters. The number of aromatic nitrogens is 18. The first-order chi connectivity index (χ1) is 59.7. The largest absolute Gasteiger partial charge is 0.350 e. The van der Waals surface area contributed by atoms with E-state index < -0.39 is 0 Å². The average molecular weight is 1770 g/mol. The first-order valence-corrected chi connectivity index (χ1v) is 44.7. The number of nitrogens with one attached hydrogen (secondary N) is 6. The number of piperidine rings is 3. The quantitative estimate of drug-likeness (QED) is 0.0279. The number of carbonyl (C=O) groups excluding carboxylic acids is 3. The van der Waals surface area contributed by atoms with Crippen LogP contribution in [0.4, 0.5) is 32.5 Å². The average Bonchev–Trinajstić information content (AvgIpc) is 1.64. The molecule has 15 heterocycles. The van der Waals surface area contributed by atoms with Crippen molar-refractivity contribution in [2.75, 3.05) is 55.2 Å². The lowest BCUT2D eigenvalue weighted by atomic mass is 10.0. The maximum absolute atomic E-state index is 12.5. The lowest BCUT2D eigenvalue weighted by Gasteiger charge is -2.30. The van der Waals surface area contributed by atoms with Gasteiger partial charge < -0.3 is 31.9 Å². The first-order valence-electron chi connectivity index (χ1n) is 41.2. The van der Waals surface area contributed by atoms with Gasteiger partial charge >= 0.3 is 0 Å². The van der Waals surface area contributed by atoms with Crippen molar-refractivity contribution in [1.29, 1.82) is 0 Å². The zero-order valence-electron chi connectivity index (χ0n) is 69.1. The summed E-state index contributed by atoms with van der Waals surface area (Å²) in [7, 11) is 0. The van der Waals surface area contributed by atoms with Crippen molar-refractivity contribution in [3.8, 4) is 33.8 Å². The van der Waals surface area contributed by atoms with Gasteiger partial charge in [-0.25, -0.2) is 29.9 Å². The van der Waals surface area contributed by atoms with Gasteiger partial charge in [-0.3, -0.25) is 56.3 Å². The number of rotatable bonds is 27. The fraction of sp³-hybridized carbons (Fsp3) is 0.345. The third-order valence-corrected chi connectivity index (χ3v) is 24.6. The van der Waals surface area contributed by atoms with Crippen molar-refractivity contribution in [2.24, 2.45) is 17.8 Å². The predicted molar refractivity (Wildman–Crippen MR) is 484 cm³/mol. The highest BCUT2D eigenvalue weighted by atomic mass is 35.5. The summed E-state index contributed by atoms with van der Waals surface area (Å²) in [5, 5.41) is 37.0. The Hall–Kier alpha value is -11.4.